The number of fused-ring (bicyclic) bond motifs is 10. The van der Waals surface area contributed by atoms with E-state index in [-0.39, 0.29) is 98.9 Å². The Morgan fingerprint density at radius 3 is 1.40 bits per heavy atom. The van der Waals surface area contributed by atoms with Gasteiger partial charge in [-0.1, -0.05) is 30.3 Å². The molecule has 0 saturated carbocycles. The first kappa shape index (κ1) is 74.1. The molecule has 0 bridgehead atoms. The van der Waals surface area contributed by atoms with E-state index < -0.39 is 74.1 Å². The molecule has 0 spiro atoms. The molecular formula is C81H56O29. The predicted molar refractivity (Wildman–Crippen MR) is 396 cm³/mol. The minimum Gasteiger partial charge on any atom is -0.508 e. The summed E-state index contributed by atoms with van der Waals surface area (Å²) in [4.78, 5) is 90.2. The van der Waals surface area contributed by atoms with Gasteiger partial charge in [-0.25, -0.2) is 4.79 Å². The average Bonchev–Trinajstić information content (AvgIpc) is 0.743. The standard InChI is InChI=1S/C19H12O5.C16H12O7.C16H10O7.C16H12O5.C14H10O5/c20-13-6-11-17(8-15(13)22)24-18-9-16(23)14(21)7-12(18)19(11)10-4-2-1-3-5-10;2*17-10-4-1-8-7(3-6-12(19)20)9-2-5-11(18)14(22)16(9)23-15(8)13(10)21;17-9-1-3-12-11(5-6-16(19)20)13-4-2-10(18)8-15(13)21-14(12)7-9;1-6-7-2-9(15)11(17)4-13(7)19-14-5-12(18)10(16)3-8(6)14/h1-9,20-22H;1-2,4-5,17,21-22H,3,6H2,(H,19,20);1-6,17,21-22H,(H,19,20);1-4,7-8,17H,5-6H2,(H,19,20);2-5,15-17H,1H3/b;;6-3+;;. The molecular weight excluding hydrogens is 1440 g/mol. The lowest BCUT2D eigenvalue weighted by atomic mass is 9.93. The number of aliphatic carboxylic acids is 3. The molecule has 5 heterocycles. The second kappa shape index (κ2) is 29.8. The monoisotopic (exact) mass is 1490 g/mol. The molecule has 0 aromatic heterocycles. The highest BCUT2D eigenvalue weighted by Crippen LogP contribution is 2.48. The Labute approximate surface area is 612 Å². The summed E-state index contributed by atoms with van der Waals surface area (Å²) in [5.41, 5.74) is 4.54. The van der Waals surface area contributed by atoms with E-state index >= 15 is 0 Å². The molecule has 29 nitrogen and oxygen atoms in total. The van der Waals surface area contributed by atoms with Gasteiger partial charge < -0.3 is 104 Å². The zero-order valence-corrected chi connectivity index (χ0v) is 56.5. The summed E-state index contributed by atoms with van der Waals surface area (Å²) in [6.07, 6.45) is 2.34. The Bertz CT molecular complexity index is 6570. The number of hydrogen-bond donors (Lipinski definition) is 16. The molecule has 0 amide bonds. The van der Waals surface area contributed by atoms with Crippen LogP contribution in [0.3, 0.4) is 0 Å². The van der Waals surface area contributed by atoms with Crippen molar-refractivity contribution in [2.24, 2.45) is 0 Å². The second-order valence-electron chi connectivity index (χ2n) is 24.5. The molecule has 5 aliphatic carbocycles. The van der Waals surface area contributed by atoms with Gasteiger partial charge in [0.15, 0.2) is 74.1 Å². The number of carbonyl (C=O) groups is 3. The maximum atomic E-state index is 11.7. The molecule has 16 N–H and O–H groups in total. The minimum absolute atomic E-state index is 0.0196. The SMILES string of the molecule is Cc1c2cc(O)c(=O)cc-2oc2cc(O)c(O)cc12.O=C(O)/C=C/c1c2ccc(=O)c(O)c-2oc2c(O)c(O)ccc12.O=C(O)CCc1c2ccc(=O)c(O)c-2oc2c(O)c(O)ccc12.O=C(O)CCc1c2ccc(=O)cc-2oc2cc(O)ccc12.O=c1cc2oc3cc(O)c(O)cc3c(-c3ccccc3)c-2cc1O. The number of aromatic hydroxyl groups is 13. The lowest BCUT2D eigenvalue weighted by Gasteiger charge is -2.15. The van der Waals surface area contributed by atoms with Crippen LogP contribution in [0.1, 0.15) is 35.1 Å². The van der Waals surface area contributed by atoms with Crippen LogP contribution in [0, 0.1) is 6.92 Å². The first-order valence-corrected chi connectivity index (χ1v) is 32.5. The van der Waals surface area contributed by atoms with Crippen LogP contribution in [0.4, 0.5) is 0 Å². The maximum Gasteiger partial charge on any atom is 0.328 e. The van der Waals surface area contributed by atoms with Gasteiger partial charge in [0.05, 0.1) is 0 Å². The average molecular weight is 1490 g/mol. The van der Waals surface area contributed by atoms with Gasteiger partial charge in [-0.2, -0.15) is 0 Å². The highest BCUT2D eigenvalue weighted by molar-refractivity contribution is 6.04. The van der Waals surface area contributed by atoms with Crippen molar-refractivity contribution in [2.45, 2.75) is 32.6 Å². The van der Waals surface area contributed by atoms with Gasteiger partial charge in [0.2, 0.25) is 44.7 Å². The smallest absolute Gasteiger partial charge is 0.328 e. The van der Waals surface area contributed by atoms with E-state index in [1.807, 2.05) is 30.3 Å². The number of aryl methyl sites for hydroxylation is 3. The number of hydrogen-bond acceptors (Lipinski definition) is 26. The fourth-order valence-corrected chi connectivity index (χ4v) is 12.3. The maximum absolute atomic E-state index is 11.7. The molecule has 0 atom stereocenters. The van der Waals surface area contributed by atoms with E-state index in [2.05, 4.69) is 0 Å². The molecule has 6 aromatic rings. The summed E-state index contributed by atoms with van der Waals surface area (Å²) in [7, 11) is 0. The molecule has 5 aliphatic heterocycles. The quantitative estimate of drug-likeness (QED) is 0.0362. The van der Waals surface area contributed by atoms with Gasteiger partial charge in [0, 0.05) is 116 Å². The molecule has 0 radical (unpaired) electrons. The molecule has 16 rings (SSSR count). The Morgan fingerprint density at radius 1 is 0.364 bits per heavy atom. The Kier molecular flexibility index (Phi) is 20.1. The van der Waals surface area contributed by atoms with E-state index in [1.165, 1.54) is 115 Å². The van der Waals surface area contributed by atoms with Gasteiger partial charge in [-0.15, -0.1) is 0 Å². The van der Waals surface area contributed by atoms with Crippen LogP contribution in [0.25, 0.3) is 129 Å². The molecule has 0 saturated heterocycles. The van der Waals surface area contributed by atoms with Crippen molar-refractivity contribution in [1.29, 1.82) is 0 Å². The van der Waals surface area contributed by atoms with Crippen LogP contribution in [-0.2, 0) is 27.2 Å². The number of carboxylic acids is 3. The third kappa shape index (κ3) is 14.6. The van der Waals surface area contributed by atoms with Crippen molar-refractivity contribution in [1.82, 2.24) is 0 Å². The van der Waals surface area contributed by atoms with Gasteiger partial charge >= 0.3 is 17.9 Å². The van der Waals surface area contributed by atoms with E-state index in [0.717, 1.165) is 40.3 Å². The normalized spacial score (nSPS) is 11.2. The summed E-state index contributed by atoms with van der Waals surface area (Å²) >= 11 is 0. The Balaban J connectivity index is 0.000000128. The number of phenolic OH excluding ortho intramolecular Hbond substituents is 13. The number of rotatable bonds is 9. The van der Waals surface area contributed by atoms with Crippen molar-refractivity contribution in [2.75, 3.05) is 0 Å². The highest BCUT2D eigenvalue weighted by atomic mass is 16.4. The summed E-state index contributed by atoms with van der Waals surface area (Å²) in [5, 5.41) is 156. The first-order valence-electron chi connectivity index (χ1n) is 32.5. The van der Waals surface area contributed by atoms with Crippen molar-refractivity contribution in [3.8, 4) is 142 Å². The van der Waals surface area contributed by atoms with E-state index in [9.17, 15) is 105 Å². The highest BCUT2D eigenvalue weighted by Gasteiger charge is 2.27. The fourth-order valence-electron chi connectivity index (χ4n) is 12.3. The van der Waals surface area contributed by atoms with Crippen molar-refractivity contribution in [3.05, 3.63) is 243 Å². The third-order valence-electron chi connectivity index (χ3n) is 17.5. The van der Waals surface area contributed by atoms with E-state index in [4.69, 9.17) is 37.4 Å². The zero-order valence-electron chi connectivity index (χ0n) is 56.5. The zero-order chi connectivity index (χ0) is 79.0. The van der Waals surface area contributed by atoms with E-state index in [1.54, 1.807) is 19.1 Å². The van der Waals surface area contributed by atoms with Crippen LogP contribution in [-0.4, -0.2) is 99.6 Å². The molecule has 29 heteroatoms. The molecule has 0 unspecified atom stereocenters. The molecule has 0 fully saturated rings. The van der Waals surface area contributed by atoms with Crippen LogP contribution < -0.4 is 27.1 Å². The summed E-state index contributed by atoms with van der Waals surface area (Å²) in [6, 6.07) is 39.4. The van der Waals surface area contributed by atoms with Crippen LogP contribution >= 0.6 is 0 Å². The number of phenols is 13. The van der Waals surface area contributed by atoms with Gasteiger partial charge in [-0.3, -0.25) is 33.6 Å². The molecule has 10 aliphatic rings. The molecule has 554 valence electrons. The summed E-state index contributed by atoms with van der Waals surface area (Å²) in [6.45, 7) is 1.78. The molecule has 110 heavy (non-hydrogen) atoms. The van der Waals surface area contributed by atoms with Gasteiger partial charge in [-0.05, 0) is 151 Å². The van der Waals surface area contributed by atoms with Gasteiger partial charge in [0.25, 0.3) is 0 Å². The Hall–Kier alpha value is -15.7. The van der Waals surface area contributed by atoms with Gasteiger partial charge in [0.1, 0.15) is 39.8 Å². The van der Waals surface area contributed by atoms with Crippen LogP contribution in [0.15, 0.2) is 216 Å². The van der Waals surface area contributed by atoms with E-state index in [0.29, 0.717) is 95.2 Å². The lowest BCUT2D eigenvalue weighted by molar-refractivity contribution is -0.138. The van der Waals surface area contributed by atoms with Crippen molar-refractivity contribution in [3.63, 3.8) is 0 Å². The van der Waals surface area contributed by atoms with Crippen LogP contribution in [0.5, 0.6) is 74.7 Å². The van der Waals surface area contributed by atoms with Crippen molar-refractivity contribution < 1.29 is 118 Å². The first-order chi connectivity index (χ1) is 52.3. The summed E-state index contributed by atoms with van der Waals surface area (Å²) in [5.74, 6) is -7.61. The second-order valence-corrected chi connectivity index (χ2v) is 24.5. The van der Waals surface area contributed by atoms with Crippen molar-refractivity contribution >= 4 is 78.8 Å². The topological polar surface area (TPSA) is 526 Å². The lowest BCUT2D eigenvalue weighted by Crippen LogP contribution is -2.05. The fraction of sp³-hybridized carbons (Fsp3) is 0.0617. The summed E-state index contributed by atoms with van der Waals surface area (Å²) < 4.78 is 27.6. The number of carboxylic acid groups (broad SMARTS) is 3. The predicted octanol–water partition coefficient (Wildman–Crippen LogP) is 12.8. The van der Waals surface area contributed by atoms with Crippen LogP contribution in [0.2, 0.25) is 0 Å². The number of benzene rings is 11. The molecule has 6 aromatic carbocycles. The largest absolute Gasteiger partial charge is 0.508 e. The Morgan fingerprint density at radius 2 is 0.827 bits per heavy atom. The minimum atomic E-state index is -1.19. The third-order valence-corrected chi connectivity index (χ3v) is 17.5.